The molecule has 0 amide bonds. The lowest BCUT2D eigenvalue weighted by Crippen LogP contribution is -2.21. The topological polar surface area (TPSA) is 52.3 Å². The molecule has 0 heterocycles. The van der Waals surface area contributed by atoms with Crippen LogP contribution in [0.4, 0.5) is 13.2 Å². The summed E-state index contributed by atoms with van der Waals surface area (Å²) in [6, 6.07) is 2.98. The average molecular weight is 391 g/mol. The fourth-order valence-electron chi connectivity index (χ4n) is 3.72. The zero-order chi connectivity index (χ0) is 20.6. The van der Waals surface area contributed by atoms with Gasteiger partial charge in [0.1, 0.15) is 17.5 Å². The van der Waals surface area contributed by atoms with Crippen LogP contribution in [0.15, 0.2) is 18.2 Å². The lowest BCUT2D eigenvalue weighted by atomic mass is 9.88. The Balaban J connectivity index is 2.17. The molecule has 1 aliphatic rings. The summed E-state index contributed by atoms with van der Waals surface area (Å²) >= 11 is 0. The minimum atomic E-state index is -1.17. The smallest absolute Gasteiger partial charge is 0.307 e. The van der Waals surface area contributed by atoms with E-state index in [1.165, 1.54) is 18.2 Å². The van der Waals surface area contributed by atoms with Gasteiger partial charge >= 0.3 is 5.97 Å². The molecule has 1 aliphatic carbocycles. The molecule has 1 atom stereocenters. The van der Waals surface area contributed by atoms with Crippen LogP contribution in [-0.4, -0.2) is 12.6 Å². The second kappa shape index (κ2) is 7.95. The summed E-state index contributed by atoms with van der Waals surface area (Å²) in [4.78, 5) is 11.8. The Bertz CT molecular complexity index is 899. The van der Waals surface area contributed by atoms with E-state index in [2.05, 4.69) is 0 Å². The first-order chi connectivity index (χ1) is 13.2. The van der Waals surface area contributed by atoms with Gasteiger partial charge in [0.25, 0.3) is 0 Å². The van der Waals surface area contributed by atoms with Crippen molar-refractivity contribution in [3.05, 3.63) is 57.9 Å². The molecular formula is C22H24F3NO2. The number of hydrogen-bond acceptors (Lipinski definition) is 3. The number of carbonyl (C=O) groups excluding carboxylic acids is 1. The normalized spacial score (nSPS) is 14.8. The molecule has 0 aliphatic heterocycles. The number of nitrogens with two attached hydrogens (primary N) is 1. The molecule has 6 heteroatoms. The fraction of sp³-hybridized carbons (Fsp3) is 0.409. The first-order valence-corrected chi connectivity index (χ1v) is 9.44. The zero-order valence-corrected chi connectivity index (χ0v) is 16.2. The Morgan fingerprint density at radius 1 is 1.14 bits per heavy atom. The Morgan fingerprint density at radius 2 is 1.75 bits per heavy atom. The number of hydrogen-bond donors (Lipinski definition) is 1. The third-order valence-electron chi connectivity index (χ3n) is 5.11. The quantitative estimate of drug-likeness (QED) is 0.687. The van der Waals surface area contributed by atoms with E-state index >= 15 is 8.78 Å². The van der Waals surface area contributed by atoms with Gasteiger partial charge in [-0.15, -0.1) is 0 Å². The van der Waals surface area contributed by atoms with Crippen LogP contribution in [0.3, 0.4) is 0 Å². The molecule has 0 unspecified atom stereocenters. The van der Waals surface area contributed by atoms with Crippen LogP contribution in [0.2, 0.25) is 0 Å². The highest BCUT2D eigenvalue weighted by molar-refractivity contribution is 5.74. The standard InChI is InChI=1S/C22H24F3NO2/c1-4-28-18(27)10-17(26)20-21(24)15(13-5-6-13)9-16(22(20)25)19-11(2)7-14(23)8-12(19)3/h7-9,13,17H,4-6,10,26H2,1-3H3/t17-/m0/s1. The molecular weight excluding hydrogens is 367 g/mol. The number of benzene rings is 2. The van der Waals surface area contributed by atoms with Crippen molar-refractivity contribution in [2.45, 2.75) is 52.0 Å². The summed E-state index contributed by atoms with van der Waals surface area (Å²) in [5, 5.41) is 0. The molecule has 150 valence electrons. The van der Waals surface area contributed by atoms with E-state index in [9.17, 15) is 9.18 Å². The minimum Gasteiger partial charge on any atom is -0.466 e. The summed E-state index contributed by atoms with van der Waals surface area (Å²) in [6.45, 7) is 5.18. The van der Waals surface area contributed by atoms with E-state index in [-0.39, 0.29) is 30.1 Å². The van der Waals surface area contributed by atoms with Crippen molar-refractivity contribution in [3.63, 3.8) is 0 Å². The Kier molecular flexibility index (Phi) is 5.79. The molecule has 1 saturated carbocycles. The number of carbonyl (C=O) groups is 1. The summed E-state index contributed by atoms with van der Waals surface area (Å²) in [5.74, 6) is -2.52. The first kappa shape index (κ1) is 20.4. The van der Waals surface area contributed by atoms with E-state index < -0.39 is 29.5 Å². The van der Waals surface area contributed by atoms with Crippen LogP contribution >= 0.6 is 0 Å². The molecule has 0 spiro atoms. The lowest BCUT2D eigenvalue weighted by Gasteiger charge is -2.20. The third-order valence-corrected chi connectivity index (χ3v) is 5.11. The fourth-order valence-corrected chi connectivity index (χ4v) is 3.72. The highest BCUT2D eigenvalue weighted by Gasteiger charge is 2.33. The summed E-state index contributed by atoms with van der Waals surface area (Å²) < 4.78 is 49.2. The summed E-state index contributed by atoms with van der Waals surface area (Å²) in [6.07, 6.45) is 1.31. The number of aryl methyl sites for hydroxylation is 2. The third kappa shape index (κ3) is 3.92. The van der Waals surface area contributed by atoms with E-state index in [1.54, 1.807) is 20.8 Å². The zero-order valence-electron chi connectivity index (χ0n) is 16.2. The molecule has 0 bridgehead atoms. The predicted octanol–water partition coefficient (Wildman–Crippen LogP) is 5.22. The Morgan fingerprint density at radius 3 is 2.29 bits per heavy atom. The summed E-state index contributed by atoms with van der Waals surface area (Å²) in [7, 11) is 0. The van der Waals surface area contributed by atoms with Gasteiger partial charge in [-0.05, 0) is 80.0 Å². The average Bonchev–Trinajstić information content (AvgIpc) is 3.41. The highest BCUT2D eigenvalue weighted by Crippen LogP contribution is 2.46. The van der Waals surface area contributed by atoms with Crippen LogP contribution in [0.25, 0.3) is 11.1 Å². The van der Waals surface area contributed by atoms with Crippen LogP contribution in [0, 0.1) is 31.3 Å². The van der Waals surface area contributed by atoms with Gasteiger partial charge in [-0.2, -0.15) is 0 Å². The highest BCUT2D eigenvalue weighted by atomic mass is 19.1. The maximum absolute atomic E-state index is 15.5. The molecule has 0 saturated heterocycles. The van der Waals surface area contributed by atoms with Crippen molar-refractivity contribution in [3.8, 4) is 11.1 Å². The SMILES string of the molecule is CCOC(=O)C[C@H](N)c1c(F)c(-c2c(C)cc(F)cc2C)cc(C2CC2)c1F. The second-order valence-corrected chi connectivity index (χ2v) is 7.36. The van der Waals surface area contributed by atoms with Crippen LogP contribution in [-0.2, 0) is 9.53 Å². The Hall–Kier alpha value is -2.34. The van der Waals surface area contributed by atoms with Gasteiger partial charge in [-0.25, -0.2) is 13.2 Å². The number of rotatable bonds is 6. The van der Waals surface area contributed by atoms with E-state index in [1.807, 2.05) is 0 Å². The largest absolute Gasteiger partial charge is 0.466 e. The van der Waals surface area contributed by atoms with Gasteiger partial charge in [0.2, 0.25) is 0 Å². The van der Waals surface area contributed by atoms with Gasteiger partial charge in [-0.1, -0.05) is 0 Å². The molecule has 28 heavy (non-hydrogen) atoms. The van der Waals surface area contributed by atoms with Gasteiger partial charge < -0.3 is 10.5 Å². The van der Waals surface area contributed by atoms with Crippen molar-refractivity contribution in [1.29, 1.82) is 0 Å². The summed E-state index contributed by atoms with van der Waals surface area (Å²) in [5.41, 5.74) is 7.92. The maximum Gasteiger partial charge on any atom is 0.307 e. The molecule has 0 aromatic heterocycles. The molecule has 2 N–H and O–H groups in total. The van der Waals surface area contributed by atoms with Crippen LogP contribution < -0.4 is 5.73 Å². The predicted molar refractivity (Wildman–Crippen MR) is 101 cm³/mol. The lowest BCUT2D eigenvalue weighted by molar-refractivity contribution is -0.143. The van der Waals surface area contributed by atoms with Crippen molar-refractivity contribution < 1.29 is 22.7 Å². The minimum absolute atomic E-state index is 0.00829. The molecule has 0 radical (unpaired) electrons. The van der Waals surface area contributed by atoms with Crippen molar-refractivity contribution in [1.82, 2.24) is 0 Å². The second-order valence-electron chi connectivity index (χ2n) is 7.36. The molecule has 2 aromatic rings. The molecule has 3 rings (SSSR count). The molecule has 2 aromatic carbocycles. The molecule has 1 fully saturated rings. The van der Waals surface area contributed by atoms with Crippen LogP contribution in [0.1, 0.15) is 60.4 Å². The molecule has 3 nitrogen and oxygen atoms in total. The number of halogens is 3. The van der Waals surface area contributed by atoms with Gasteiger partial charge in [0, 0.05) is 17.2 Å². The van der Waals surface area contributed by atoms with E-state index in [0.717, 1.165) is 12.8 Å². The van der Waals surface area contributed by atoms with Gasteiger partial charge in [0.15, 0.2) is 0 Å². The van der Waals surface area contributed by atoms with E-state index in [4.69, 9.17) is 10.5 Å². The van der Waals surface area contributed by atoms with Gasteiger partial charge in [-0.3, -0.25) is 4.79 Å². The monoisotopic (exact) mass is 391 g/mol. The van der Waals surface area contributed by atoms with E-state index in [0.29, 0.717) is 22.3 Å². The first-order valence-electron chi connectivity index (χ1n) is 9.44. The number of ether oxygens (including phenoxy) is 1. The Labute approximate surface area is 162 Å². The van der Waals surface area contributed by atoms with Crippen molar-refractivity contribution in [2.75, 3.05) is 6.61 Å². The number of esters is 1. The maximum atomic E-state index is 15.5. The van der Waals surface area contributed by atoms with Crippen LogP contribution in [0.5, 0.6) is 0 Å². The van der Waals surface area contributed by atoms with Crippen molar-refractivity contribution >= 4 is 5.97 Å². The van der Waals surface area contributed by atoms with Crippen molar-refractivity contribution in [2.24, 2.45) is 5.73 Å². The van der Waals surface area contributed by atoms with Gasteiger partial charge in [0.05, 0.1) is 13.0 Å².